The second kappa shape index (κ2) is 9.97. The molecule has 5 rings (SSSR count). The molecule has 4 aromatic rings. The highest BCUT2D eigenvalue weighted by Gasteiger charge is 2.30. The number of fused-ring (bicyclic) bond motifs is 1. The normalized spacial score (nSPS) is 15.3. The van der Waals surface area contributed by atoms with Crippen LogP contribution in [0.25, 0.3) is 11.1 Å². The molecule has 1 aliphatic carbocycles. The van der Waals surface area contributed by atoms with Gasteiger partial charge in [-0.2, -0.15) is 13.2 Å². The van der Waals surface area contributed by atoms with E-state index in [2.05, 4.69) is 10.0 Å². The van der Waals surface area contributed by atoms with Crippen LogP contribution in [0.1, 0.15) is 27.0 Å². The lowest BCUT2D eigenvalue weighted by molar-refractivity contribution is -0.137. The Morgan fingerprint density at radius 1 is 0.921 bits per heavy atom. The van der Waals surface area contributed by atoms with E-state index in [-0.39, 0.29) is 26.9 Å². The molecule has 1 atom stereocenters. The van der Waals surface area contributed by atoms with Crippen LogP contribution in [0.3, 0.4) is 0 Å². The summed E-state index contributed by atoms with van der Waals surface area (Å²) in [7, 11) is -3.64. The monoisotopic (exact) mass is 560 g/mol. The van der Waals surface area contributed by atoms with Crippen molar-refractivity contribution in [1.82, 2.24) is 4.72 Å². The lowest BCUT2D eigenvalue weighted by Crippen LogP contribution is -2.34. The molecule has 11 heteroatoms. The molecule has 196 valence electrons. The number of thiophene rings is 1. The molecule has 0 aliphatic heterocycles. The lowest BCUT2D eigenvalue weighted by Gasteiger charge is -2.13. The number of carbonyl (C=O) groups excluding carboxylic acids is 1. The Hall–Kier alpha value is -3.54. The summed E-state index contributed by atoms with van der Waals surface area (Å²) in [6.07, 6.45) is -3.61. The summed E-state index contributed by atoms with van der Waals surface area (Å²) in [5.41, 5.74) is 1.43. The summed E-state index contributed by atoms with van der Waals surface area (Å²) >= 11 is 1.13. The van der Waals surface area contributed by atoms with Gasteiger partial charge in [0.1, 0.15) is 10.0 Å². The Morgan fingerprint density at radius 3 is 2.34 bits per heavy atom. The fourth-order valence-corrected chi connectivity index (χ4v) is 6.75. The second-order valence-corrected chi connectivity index (χ2v) is 11.7. The maximum Gasteiger partial charge on any atom is 0.416 e. The number of sulfonamides is 1. The van der Waals surface area contributed by atoms with E-state index in [1.165, 1.54) is 30.3 Å². The topological polar surface area (TPSA) is 75.3 Å². The number of nitrogens with one attached hydrogen (secondary N) is 2. The Labute approximate surface area is 220 Å². The zero-order valence-electron chi connectivity index (χ0n) is 19.6. The van der Waals surface area contributed by atoms with Crippen LogP contribution in [0.2, 0.25) is 0 Å². The van der Waals surface area contributed by atoms with Crippen molar-refractivity contribution in [3.8, 4) is 11.1 Å². The fourth-order valence-electron chi connectivity index (χ4n) is 4.50. The van der Waals surface area contributed by atoms with E-state index in [1.54, 1.807) is 29.6 Å². The van der Waals surface area contributed by atoms with E-state index in [1.807, 2.05) is 0 Å². The fraction of sp³-hybridized carbons (Fsp3) is 0.148. The molecule has 38 heavy (non-hydrogen) atoms. The molecule has 1 aromatic heterocycles. The highest BCUT2D eigenvalue weighted by molar-refractivity contribution is 7.91. The predicted molar refractivity (Wildman–Crippen MR) is 137 cm³/mol. The van der Waals surface area contributed by atoms with Crippen molar-refractivity contribution in [2.45, 2.75) is 29.3 Å². The zero-order chi connectivity index (χ0) is 27.1. The van der Waals surface area contributed by atoms with Gasteiger partial charge in [0.05, 0.1) is 11.1 Å². The quantitative estimate of drug-likeness (QED) is 0.273. The standard InChI is InChI=1S/C27H20F4N2O3S2/c28-23-4-1-3-22(16-6-9-19(10-7-16)27(29,30)31)25(23)26(34)32-20-11-8-17-13-21(15-18(17)14-20)33-38(35,36)24-5-2-12-37-24/h1-12,14,21,33H,13,15H2,(H,32,34). The van der Waals surface area contributed by atoms with E-state index >= 15 is 0 Å². The minimum atomic E-state index is -4.52. The summed E-state index contributed by atoms with van der Waals surface area (Å²) < 4.78 is 81.7. The molecule has 0 spiro atoms. The molecule has 1 unspecified atom stereocenters. The van der Waals surface area contributed by atoms with E-state index < -0.39 is 33.5 Å². The Morgan fingerprint density at radius 2 is 1.66 bits per heavy atom. The van der Waals surface area contributed by atoms with Crippen molar-refractivity contribution in [1.29, 1.82) is 0 Å². The summed E-state index contributed by atoms with van der Waals surface area (Å²) in [5.74, 6) is -1.57. The molecular formula is C27H20F4N2O3S2. The van der Waals surface area contributed by atoms with Gasteiger partial charge >= 0.3 is 6.18 Å². The third-order valence-corrected chi connectivity index (χ3v) is 9.16. The predicted octanol–water partition coefficient (Wildman–Crippen LogP) is 6.27. The number of halogens is 4. The van der Waals surface area contributed by atoms with Gasteiger partial charge in [0, 0.05) is 11.7 Å². The number of carbonyl (C=O) groups is 1. The van der Waals surface area contributed by atoms with Gasteiger partial charge in [-0.05, 0) is 76.9 Å². The number of rotatable bonds is 6. The molecule has 0 saturated heterocycles. The van der Waals surface area contributed by atoms with Gasteiger partial charge in [-0.25, -0.2) is 17.5 Å². The van der Waals surface area contributed by atoms with Gasteiger partial charge in [-0.3, -0.25) is 4.79 Å². The van der Waals surface area contributed by atoms with Crippen LogP contribution in [0.15, 0.2) is 82.4 Å². The molecule has 1 amide bonds. The first-order valence-corrected chi connectivity index (χ1v) is 13.8. The first-order chi connectivity index (χ1) is 18.0. The molecule has 0 fully saturated rings. The van der Waals surface area contributed by atoms with Crippen LogP contribution in [0.5, 0.6) is 0 Å². The van der Waals surface area contributed by atoms with Crippen molar-refractivity contribution < 1.29 is 30.8 Å². The lowest BCUT2D eigenvalue weighted by atomic mass is 9.97. The number of hydrogen-bond donors (Lipinski definition) is 2. The minimum absolute atomic E-state index is 0.153. The number of hydrogen-bond acceptors (Lipinski definition) is 4. The first kappa shape index (κ1) is 26.1. The maximum absolute atomic E-state index is 14.8. The molecular weight excluding hydrogens is 540 g/mol. The largest absolute Gasteiger partial charge is 0.416 e. The molecule has 2 N–H and O–H groups in total. The zero-order valence-corrected chi connectivity index (χ0v) is 21.2. The Balaban J connectivity index is 1.34. The average molecular weight is 561 g/mol. The summed E-state index contributed by atoms with van der Waals surface area (Å²) in [5, 5.41) is 4.35. The average Bonchev–Trinajstić information content (AvgIpc) is 3.53. The highest BCUT2D eigenvalue weighted by Crippen LogP contribution is 2.33. The van der Waals surface area contributed by atoms with Crippen LogP contribution in [-0.2, 0) is 29.0 Å². The first-order valence-electron chi connectivity index (χ1n) is 11.5. The van der Waals surface area contributed by atoms with Gasteiger partial charge in [0.2, 0.25) is 10.0 Å². The van der Waals surface area contributed by atoms with Crippen molar-refractivity contribution in [2.24, 2.45) is 0 Å². The van der Waals surface area contributed by atoms with Gasteiger partial charge in [0.15, 0.2) is 0 Å². The van der Waals surface area contributed by atoms with Crippen molar-refractivity contribution in [3.63, 3.8) is 0 Å². The molecule has 5 nitrogen and oxygen atoms in total. The molecule has 3 aromatic carbocycles. The van der Waals surface area contributed by atoms with Crippen LogP contribution < -0.4 is 10.0 Å². The number of benzene rings is 3. The van der Waals surface area contributed by atoms with Crippen LogP contribution >= 0.6 is 11.3 Å². The second-order valence-electron chi connectivity index (χ2n) is 8.83. The van der Waals surface area contributed by atoms with Crippen LogP contribution in [0.4, 0.5) is 23.2 Å². The minimum Gasteiger partial charge on any atom is -0.322 e. The van der Waals surface area contributed by atoms with E-state index in [0.717, 1.165) is 40.7 Å². The smallest absolute Gasteiger partial charge is 0.322 e. The van der Waals surface area contributed by atoms with Crippen molar-refractivity contribution in [3.05, 3.63) is 106 Å². The van der Waals surface area contributed by atoms with E-state index in [0.29, 0.717) is 18.5 Å². The van der Waals surface area contributed by atoms with Crippen molar-refractivity contribution >= 4 is 33.0 Å². The highest BCUT2D eigenvalue weighted by atomic mass is 32.2. The SMILES string of the molecule is O=C(Nc1ccc2c(c1)CC(NS(=O)(=O)c1cccs1)C2)c1c(F)cccc1-c1ccc(C(F)(F)F)cc1. The van der Waals surface area contributed by atoms with E-state index in [4.69, 9.17) is 0 Å². The summed E-state index contributed by atoms with van der Waals surface area (Å²) in [6, 6.07) is 16.1. The van der Waals surface area contributed by atoms with Gasteiger partial charge < -0.3 is 5.32 Å². The molecule has 0 saturated carbocycles. The van der Waals surface area contributed by atoms with Gasteiger partial charge in [-0.1, -0.05) is 36.4 Å². The maximum atomic E-state index is 14.8. The number of anilines is 1. The Kier molecular flexibility index (Phi) is 6.84. The van der Waals surface area contributed by atoms with Gasteiger partial charge in [-0.15, -0.1) is 11.3 Å². The van der Waals surface area contributed by atoms with Gasteiger partial charge in [0.25, 0.3) is 5.91 Å². The Bertz CT molecular complexity index is 1600. The molecule has 1 heterocycles. The molecule has 1 aliphatic rings. The van der Waals surface area contributed by atoms with E-state index in [9.17, 15) is 30.8 Å². The number of alkyl halides is 3. The molecule has 0 bridgehead atoms. The third-order valence-electron chi connectivity index (χ3n) is 6.24. The molecule has 0 radical (unpaired) electrons. The number of amides is 1. The van der Waals surface area contributed by atoms with Crippen LogP contribution in [-0.4, -0.2) is 20.4 Å². The van der Waals surface area contributed by atoms with Crippen molar-refractivity contribution in [2.75, 3.05) is 5.32 Å². The summed E-state index contributed by atoms with van der Waals surface area (Å²) in [6.45, 7) is 0. The third kappa shape index (κ3) is 5.35. The summed E-state index contributed by atoms with van der Waals surface area (Å²) in [4.78, 5) is 13.1. The van der Waals surface area contributed by atoms with Crippen LogP contribution in [0, 0.1) is 5.82 Å².